The number of amides is 2. The van der Waals surface area contributed by atoms with Crippen molar-refractivity contribution in [2.24, 2.45) is 0 Å². The number of nitrogens with one attached hydrogen (secondary N) is 1. The van der Waals surface area contributed by atoms with Crippen LogP contribution in [-0.2, 0) is 0 Å². The van der Waals surface area contributed by atoms with Gasteiger partial charge in [0, 0.05) is 42.3 Å². The Morgan fingerprint density at radius 3 is 2.45 bits per heavy atom. The van der Waals surface area contributed by atoms with Crippen molar-refractivity contribution in [2.75, 3.05) is 31.3 Å². The Balaban J connectivity index is 1.39. The van der Waals surface area contributed by atoms with Crippen LogP contribution < -0.4 is 4.90 Å². The minimum absolute atomic E-state index is 0.0911. The predicted molar refractivity (Wildman–Crippen MR) is 124 cm³/mol. The normalized spacial score (nSPS) is 14.5. The summed E-state index contributed by atoms with van der Waals surface area (Å²) in [7, 11) is 1.75. The molecule has 7 heteroatoms. The molecule has 31 heavy (non-hydrogen) atoms. The molecule has 1 aliphatic heterocycles. The zero-order valence-electron chi connectivity index (χ0n) is 17.7. The van der Waals surface area contributed by atoms with Crippen molar-refractivity contribution in [2.45, 2.75) is 23.7 Å². The van der Waals surface area contributed by atoms with E-state index in [1.54, 1.807) is 23.7 Å². The van der Waals surface area contributed by atoms with Crippen molar-refractivity contribution in [3.05, 3.63) is 77.6 Å². The largest absolute Gasteiger partial charge is 0.339 e. The van der Waals surface area contributed by atoms with Crippen molar-refractivity contribution in [3.8, 4) is 0 Å². The molecular weight excluding hydrogens is 408 g/mol. The van der Waals surface area contributed by atoms with Crippen LogP contribution in [0.1, 0.15) is 45.3 Å². The van der Waals surface area contributed by atoms with Crippen molar-refractivity contribution in [1.82, 2.24) is 15.1 Å². The molecule has 0 saturated carbocycles. The number of H-pyrrole nitrogens is 1. The van der Waals surface area contributed by atoms with E-state index in [0.717, 1.165) is 34.7 Å². The van der Waals surface area contributed by atoms with E-state index in [1.807, 2.05) is 71.8 Å². The number of rotatable bonds is 5. The Labute approximate surface area is 186 Å². The van der Waals surface area contributed by atoms with Gasteiger partial charge >= 0.3 is 0 Å². The summed E-state index contributed by atoms with van der Waals surface area (Å²) in [6.45, 7) is 1.39. The van der Waals surface area contributed by atoms with E-state index >= 15 is 0 Å². The highest BCUT2D eigenvalue weighted by Crippen LogP contribution is 2.29. The summed E-state index contributed by atoms with van der Waals surface area (Å²) < 4.78 is 0. The second-order valence-electron chi connectivity index (χ2n) is 7.68. The zero-order chi connectivity index (χ0) is 21.8. The molecule has 3 aromatic rings. The Morgan fingerprint density at radius 1 is 1.06 bits per heavy atom. The van der Waals surface area contributed by atoms with E-state index in [0.29, 0.717) is 18.8 Å². The van der Waals surface area contributed by atoms with Crippen LogP contribution >= 0.6 is 11.8 Å². The molecule has 0 aliphatic carbocycles. The molecule has 160 valence electrons. The summed E-state index contributed by atoms with van der Waals surface area (Å²) in [5.74, 6) is 0.208. The average Bonchev–Trinajstić information content (AvgIpc) is 3.33. The van der Waals surface area contributed by atoms with Crippen LogP contribution in [0.3, 0.4) is 0 Å². The smallest absolute Gasteiger partial charge is 0.278 e. The molecule has 6 nitrogen and oxygen atoms in total. The van der Waals surface area contributed by atoms with Gasteiger partial charge in [-0.25, -0.2) is 0 Å². The number of carbonyl (C=O) groups excluding carboxylic acids is 2. The van der Waals surface area contributed by atoms with Gasteiger partial charge in [-0.05, 0) is 49.4 Å². The topological polar surface area (TPSA) is 69.3 Å². The minimum atomic E-state index is -0.144. The highest BCUT2D eigenvalue weighted by atomic mass is 32.2. The van der Waals surface area contributed by atoms with Crippen LogP contribution in [0.5, 0.6) is 0 Å². The fourth-order valence-corrected chi connectivity index (χ4v) is 4.57. The monoisotopic (exact) mass is 434 g/mol. The van der Waals surface area contributed by atoms with Gasteiger partial charge in [0.05, 0.1) is 5.56 Å². The predicted octanol–water partition coefficient (Wildman–Crippen LogP) is 4.43. The molecule has 1 fully saturated rings. The number of likely N-dealkylation sites (tertiary alicyclic amines) is 1. The molecule has 0 atom stereocenters. The number of anilines is 1. The Morgan fingerprint density at radius 2 is 1.74 bits per heavy atom. The summed E-state index contributed by atoms with van der Waals surface area (Å²) in [5.41, 5.74) is 2.97. The number of nitrogens with zero attached hydrogens (tertiary/aromatic N) is 3. The van der Waals surface area contributed by atoms with E-state index in [1.165, 1.54) is 0 Å². The summed E-state index contributed by atoms with van der Waals surface area (Å²) >= 11 is 1.59. The number of para-hydroxylation sites is 1. The van der Waals surface area contributed by atoms with Gasteiger partial charge in [-0.1, -0.05) is 30.3 Å². The summed E-state index contributed by atoms with van der Waals surface area (Å²) in [6, 6.07) is 19.1. The van der Waals surface area contributed by atoms with Gasteiger partial charge in [0.1, 0.15) is 0 Å². The van der Waals surface area contributed by atoms with E-state index in [-0.39, 0.29) is 17.7 Å². The van der Waals surface area contributed by atoms with Gasteiger partial charge in [0.2, 0.25) is 0 Å². The first-order valence-electron chi connectivity index (χ1n) is 10.4. The van der Waals surface area contributed by atoms with E-state index in [9.17, 15) is 9.59 Å². The zero-order valence-corrected chi connectivity index (χ0v) is 18.6. The number of hydrogen-bond acceptors (Lipinski definition) is 4. The minimum Gasteiger partial charge on any atom is -0.339 e. The molecule has 2 aromatic carbocycles. The van der Waals surface area contributed by atoms with Gasteiger partial charge in [-0.3, -0.25) is 14.7 Å². The Kier molecular flexibility index (Phi) is 6.42. The summed E-state index contributed by atoms with van der Waals surface area (Å²) in [6.07, 6.45) is 3.68. The van der Waals surface area contributed by atoms with E-state index in [4.69, 9.17) is 0 Å². The van der Waals surface area contributed by atoms with Gasteiger partial charge in [0.15, 0.2) is 5.69 Å². The maximum Gasteiger partial charge on any atom is 0.278 e. The quantitative estimate of drug-likeness (QED) is 0.603. The fourth-order valence-electron chi connectivity index (χ4n) is 3.98. The molecule has 1 N–H and O–H groups in total. The number of benzene rings is 2. The van der Waals surface area contributed by atoms with Gasteiger partial charge < -0.3 is 9.80 Å². The molecule has 0 spiro atoms. The molecule has 2 amide bonds. The standard InChI is InChI=1S/C24H26N4O2S/c1-27(18-8-4-3-5-9-18)24(30)21-16-20(25-26-21)17-12-14-28(15-13-17)23(29)19-10-6-7-11-22(19)31-2/h3-11,16-17H,12-15H2,1-2H3,(H,25,26). The van der Waals surface area contributed by atoms with Crippen molar-refractivity contribution >= 4 is 29.3 Å². The van der Waals surface area contributed by atoms with Crippen LogP contribution in [0.25, 0.3) is 0 Å². The molecule has 4 rings (SSSR count). The number of carbonyl (C=O) groups is 2. The highest BCUT2D eigenvalue weighted by Gasteiger charge is 2.27. The summed E-state index contributed by atoms with van der Waals surface area (Å²) in [5, 5.41) is 7.32. The lowest BCUT2D eigenvalue weighted by Gasteiger charge is -2.32. The van der Waals surface area contributed by atoms with Gasteiger partial charge in [0.25, 0.3) is 11.8 Å². The lowest BCUT2D eigenvalue weighted by atomic mass is 9.93. The van der Waals surface area contributed by atoms with Crippen LogP contribution in [0.4, 0.5) is 5.69 Å². The average molecular weight is 435 g/mol. The molecule has 2 heterocycles. The number of hydrogen-bond donors (Lipinski definition) is 1. The molecule has 1 aliphatic rings. The lowest BCUT2D eigenvalue weighted by molar-refractivity contribution is 0.0708. The number of aromatic nitrogens is 2. The van der Waals surface area contributed by atoms with Gasteiger partial charge in [-0.15, -0.1) is 11.8 Å². The number of piperidine rings is 1. The molecule has 1 saturated heterocycles. The first-order valence-corrected chi connectivity index (χ1v) is 11.6. The third-order valence-electron chi connectivity index (χ3n) is 5.82. The maximum atomic E-state index is 13.0. The second kappa shape index (κ2) is 9.39. The van der Waals surface area contributed by atoms with E-state index < -0.39 is 0 Å². The van der Waals surface area contributed by atoms with E-state index in [2.05, 4.69) is 10.2 Å². The van der Waals surface area contributed by atoms with Gasteiger partial charge in [-0.2, -0.15) is 5.10 Å². The highest BCUT2D eigenvalue weighted by molar-refractivity contribution is 7.98. The Bertz CT molecular complexity index is 1060. The molecule has 1 aromatic heterocycles. The van der Waals surface area contributed by atoms with Crippen molar-refractivity contribution in [3.63, 3.8) is 0 Å². The number of aromatic amines is 1. The number of thioether (sulfide) groups is 1. The maximum absolute atomic E-state index is 13.0. The summed E-state index contributed by atoms with van der Waals surface area (Å²) in [4.78, 5) is 30.3. The second-order valence-corrected chi connectivity index (χ2v) is 8.52. The molecule has 0 bridgehead atoms. The third kappa shape index (κ3) is 4.51. The fraction of sp³-hybridized carbons (Fsp3) is 0.292. The Hall–Kier alpha value is -3.06. The first kappa shape index (κ1) is 21.2. The molecular formula is C24H26N4O2S. The van der Waals surface area contributed by atoms with Crippen molar-refractivity contribution in [1.29, 1.82) is 0 Å². The van der Waals surface area contributed by atoms with Crippen LogP contribution in [0.15, 0.2) is 65.6 Å². The van der Waals surface area contributed by atoms with Crippen LogP contribution in [-0.4, -0.2) is 53.3 Å². The van der Waals surface area contributed by atoms with Crippen molar-refractivity contribution < 1.29 is 9.59 Å². The van der Waals surface area contributed by atoms with Crippen LogP contribution in [0, 0.1) is 0 Å². The first-order chi connectivity index (χ1) is 15.1. The molecule has 0 unspecified atom stereocenters. The lowest BCUT2D eigenvalue weighted by Crippen LogP contribution is -2.38. The van der Waals surface area contributed by atoms with Crippen LogP contribution in [0.2, 0.25) is 0 Å². The third-order valence-corrected chi connectivity index (χ3v) is 6.62. The SMILES string of the molecule is CSc1ccccc1C(=O)N1CCC(c2cc(C(=O)N(C)c3ccccc3)n[nH]2)CC1. The molecule has 0 radical (unpaired) electrons.